The summed E-state index contributed by atoms with van der Waals surface area (Å²) in [5.41, 5.74) is 0. The van der Waals surface area contributed by atoms with Gasteiger partial charge in [0.25, 0.3) is 5.91 Å². The van der Waals surface area contributed by atoms with Crippen LogP contribution in [0.3, 0.4) is 0 Å². The summed E-state index contributed by atoms with van der Waals surface area (Å²) in [6.07, 6.45) is -3.29. The van der Waals surface area contributed by atoms with Crippen molar-refractivity contribution in [3.05, 3.63) is 0 Å². The molecule has 4 unspecified atom stereocenters. The molecule has 0 aromatic rings. The van der Waals surface area contributed by atoms with Crippen molar-refractivity contribution < 1.29 is 25.2 Å². The molecule has 6 heteroatoms. The molecular formula is C10H21NO5. The lowest BCUT2D eigenvalue weighted by Gasteiger charge is -2.22. The van der Waals surface area contributed by atoms with Crippen molar-refractivity contribution in [2.75, 3.05) is 6.61 Å². The summed E-state index contributed by atoms with van der Waals surface area (Å²) in [6, 6.07) is -0.106. The number of carbonyl (C=O) groups is 1. The average molecular weight is 235 g/mol. The Morgan fingerprint density at radius 1 is 1.31 bits per heavy atom. The molecule has 0 bridgehead atoms. The quantitative estimate of drug-likeness (QED) is 0.364. The predicted octanol–water partition coefficient (Wildman–Crippen LogP) is -1.63. The van der Waals surface area contributed by atoms with Crippen LogP contribution in [-0.2, 0) is 4.79 Å². The van der Waals surface area contributed by atoms with Gasteiger partial charge in [0, 0.05) is 6.04 Å². The van der Waals surface area contributed by atoms with E-state index in [2.05, 4.69) is 5.32 Å². The number of nitrogens with one attached hydrogen (secondary N) is 1. The van der Waals surface area contributed by atoms with Crippen LogP contribution in [0.1, 0.15) is 26.7 Å². The summed E-state index contributed by atoms with van der Waals surface area (Å²) in [4.78, 5) is 11.4. The molecule has 16 heavy (non-hydrogen) atoms. The Morgan fingerprint density at radius 3 is 2.31 bits per heavy atom. The SMILES string of the molecule is CCCC(C)NC(=O)C(O)C(O)C(O)CO. The predicted molar refractivity (Wildman–Crippen MR) is 57.6 cm³/mol. The lowest BCUT2D eigenvalue weighted by Crippen LogP contribution is -2.50. The molecular weight excluding hydrogens is 214 g/mol. The number of rotatable bonds is 7. The first-order valence-electron chi connectivity index (χ1n) is 5.39. The Bertz CT molecular complexity index is 211. The molecule has 0 saturated carbocycles. The van der Waals surface area contributed by atoms with E-state index in [0.717, 1.165) is 12.8 Å². The van der Waals surface area contributed by atoms with E-state index in [1.807, 2.05) is 6.92 Å². The minimum Gasteiger partial charge on any atom is -0.394 e. The first kappa shape index (κ1) is 15.3. The first-order valence-corrected chi connectivity index (χ1v) is 5.39. The van der Waals surface area contributed by atoms with Crippen molar-refractivity contribution >= 4 is 5.91 Å². The molecule has 0 aliphatic rings. The van der Waals surface area contributed by atoms with Gasteiger partial charge in [-0.1, -0.05) is 13.3 Å². The topological polar surface area (TPSA) is 110 Å². The Kier molecular flexibility index (Phi) is 7.24. The van der Waals surface area contributed by atoms with Gasteiger partial charge < -0.3 is 25.7 Å². The Balaban J connectivity index is 4.17. The highest BCUT2D eigenvalue weighted by atomic mass is 16.4. The van der Waals surface area contributed by atoms with Crippen LogP contribution < -0.4 is 5.32 Å². The van der Waals surface area contributed by atoms with E-state index in [4.69, 9.17) is 10.2 Å². The van der Waals surface area contributed by atoms with Crippen molar-refractivity contribution in [3.63, 3.8) is 0 Å². The number of aliphatic hydroxyl groups excluding tert-OH is 4. The average Bonchev–Trinajstić information content (AvgIpc) is 2.26. The van der Waals surface area contributed by atoms with Gasteiger partial charge >= 0.3 is 0 Å². The first-order chi connectivity index (χ1) is 7.43. The second-order valence-corrected chi connectivity index (χ2v) is 3.88. The number of hydrogen-bond donors (Lipinski definition) is 5. The van der Waals surface area contributed by atoms with Crippen LogP contribution in [0.15, 0.2) is 0 Å². The van der Waals surface area contributed by atoms with Gasteiger partial charge in [-0.25, -0.2) is 0 Å². The zero-order chi connectivity index (χ0) is 12.7. The van der Waals surface area contributed by atoms with Crippen molar-refractivity contribution in [2.45, 2.75) is 51.0 Å². The van der Waals surface area contributed by atoms with Crippen molar-refractivity contribution in [3.8, 4) is 0 Å². The Morgan fingerprint density at radius 2 is 1.88 bits per heavy atom. The Labute approximate surface area is 94.9 Å². The summed E-state index contributed by atoms with van der Waals surface area (Å²) in [6.45, 7) is 3.03. The highest BCUT2D eigenvalue weighted by Gasteiger charge is 2.30. The van der Waals surface area contributed by atoms with Crippen molar-refractivity contribution in [1.29, 1.82) is 0 Å². The fourth-order valence-electron chi connectivity index (χ4n) is 1.31. The maximum absolute atomic E-state index is 11.4. The third-order valence-electron chi connectivity index (χ3n) is 2.28. The number of carbonyl (C=O) groups excluding carboxylic acids is 1. The molecule has 0 heterocycles. The molecule has 0 rings (SSSR count). The van der Waals surface area contributed by atoms with Crippen molar-refractivity contribution in [2.24, 2.45) is 0 Å². The van der Waals surface area contributed by atoms with Gasteiger partial charge in [0.15, 0.2) is 6.10 Å². The van der Waals surface area contributed by atoms with Crippen LogP contribution >= 0.6 is 0 Å². The van der Waals surface area contributed by atoms with Gasteiger partial charge in [0.2, 0.25) is 0 Å². The van der Waals surface area contributed by atoms with E-state index in [1.165, 1.54) is 0 Å². The second-order valence-electron chi connectivity index (χ2n) is 3.88. The standard InChI is InChI=1S/C10H21NO5/c1-3-4-6(2)11-10(16)9(15)8(14)7(13)5-12/h6-9,12-15H,3-5H2,1-2H3,(H,11,16). The third kappa shape index (κ3) is 4.89. The monoisotopic (exact) mass is 235 g/mol. The molecule has 0 saturated heterocycles. The zero-order valence-corrected chi connectivity index (χ0v) is 9.63. The van der Waals surface area contributed by atoms with E-state index in [0.29, 0.717) is 0 Å². The van der Waals surface area contributed by atoms with Gasteiger partial charge in [0.05, 0.1) is 6.61 Å². The third-order valence-corrected chi connectivity index (χ3v) is 2.28. The van der Waals surface area contributed by atoms with Gasteiger partial charge in [0.1, 0.15) is 12.2 Å². The van der Waals surface area contributed by atoms with Gasteiger partial charge in [-0.05, 0) is 13.3 Å². The van der Waals surface area contributed by atoms with Gasteiger partial charge in [-0.15, -0.1) is 0 Å². The molecule has 1 amide bonds. The minimum absolute atomic E-state index is 0.106. The van der Waals surface area contributed by atoms with E-state index < -0.39 is 30.8 Å². The van der Waals surface area contributed by atoms with Crippen LogP contribution in [0, 0.1) is 0 Å². The molecule has 4 atom stereocenters. The van der Waals surface area contributed by atoms with E-state index >= 15 is 0 Å². The largest absolute Gasteiger partial charge is 0.394 e. The van der Waals surface area contributed by atoms with E-state index in [1.54, 1.807) is 6.92 Å². The fourth-order valence-corrected chi connectivity index (χ4v) is 1.31. The summed E-state index contributed by atoms with van der Waals surface area (Å²) in [5, 5.41) is 38.7. The Hall–Kier alpha value is -0.690. The number of amides is 1. The lowest BCUT2D eigenvalue weighted by atomic mass is 10.1. The molecule has 6 nitrogen and oxygen atoms in total. The fraction of sp³-hybridized carbons (Fsp3) is 0.900. The molecule has 5 N–H and O–H groups in total. The molecule has 0 radical (unpaired) electrons. The van der Waals surface area contributed by atoms with Crippen LogP contribution in [0.5, 0.6) is 0 Å². The molecule has 0 aromatic heterocycles. The lowest BCUT2D eigenvalue weighted by molar-refractivity contribution is -0.143. The van der Waals surface area contributed by atoms with Crippen LogP contribution in [0.25, 0.3) is 0 Å². The molecule has 0 spiro atoms. The number of hydrogen-bond acceptors (Lipinski definition) is 5. The van der Waals surface area contributed by atoms with Crippen LogP contribution in [0.2, 0.25) is 0 Å². The maximum Gasteiger partial charge on any atom is 0.251 e. The molecule has 96 valence electrons. The molecule has 0 aliphatic heterocycles. The highest BCUT2D eigenvalue weighted by Crippen LogP contribution is 2.02. The van der Waals surface area contributed by atoms with Gasteiger partial charge in [-0.2, -0.15) is 0 Å². The summed E-state index contributed by atoms with van der Waals surface area (Å²) < 4.78 is 0. The number of aliphatic hydroxyl groups is 4. The normalized spacial score (nSPS) is 18.6. The maximum atomic E-state index is 11.4. The van der Waals surface area contributed by atoms with Crippen LogP contribution in [-0.4, -0.2) is 57.3 Å². The molecule has 0 fully saturated rings. The zero-order valence-electron chi connectivity index (χ0n) is 9.63. The summed E-state index contributed by atoms with van der Waals surface area (Å²) in [7, 11) is 0. The van der Waals surface area contributed by atoms with E-state index in [-0.39, 0.29) is 6.04 Å². The molecule has 0 aromatic carbocycles. The van der Waals surface area contributed by atoms with Gasteiger partial charge in [-0.3, -0.25) is 4.79 Å². The van der Waals surface area contributed by atoms with Crippen LogP contribution in [0.4, 0.5) is 0 Å². The highest BCUT2D eigenvalue weighted by molar-refractivity contribution is 5.81. The smallest absolute Gasteiger partial charge is 0.251 e. The second kappa shape index (κ2) is 7.56. The summed E-state index contributed by atoms with van der Waals surface area (Å²) >= 11 is 0. The van der Waals surface area contributed by atoms with Crippen molar-refractivity contribution in [1.82, 2.24) is 5.32 Å². The van der Waals surface area contributed by atoms with E-state index in [9.17, 15) is 15.0 Å². The molecule has 0 aliphatic carbocycles. The minimum atomic E-state index is -1.73. The summed E-state index contributed by atoms with van der Waals surface area (Å²) in [5.74, 6) is -0.749.